The molecule has 0 saturated carbocycles. The molecule has 0 unspecified atom stereocenters. The molecule has 1 N–H and O–H groups in total. The number of carbonyl (C=O) groups is 1. The molecule has 0 aliphatic carbocycles. The number of rotatable bonds is 2. The molecule has 124 valence electrons. The second-order valence-corrected chi connectivity index (χ2v) is 5.50. The second kappa shape index (κ2) is 5.48. The molecule has 25 heavy (non-hydrogen) atoms. The molecule has 7 nitrogen and oxygen atoms in total. The minimum atomic E-state index is -0.431. The summed E-state index contributed by atoms with van der Waals surface area (Å²) in [6.45, 7) is 1.31. The van der Waals surface area contributed by atoms with Crippen molar-refractivity contribution < 1.29 is 14.6 Å². The van der Waals surface area contributed by atoms with E-state index in [1.54, 1.807) is 42.5 Å². The average Bonchev–Trinajstić information content (AvgIpc) is 2.86. The molecule has 0 radical (unpaired) electrons. The zero-order valence-electron chi connectivity index (χ0n) is 13.2. The summed E-state index contributed by atoms with van der Waals surface area (Å²) < 4.78 is 7.57. The van der Waals surface area contributed by atoms with Crippen LogP contribution in [0.25, 0.3) is 22.2 Å². The van der Waals surface area contributed by atoms with Crippen LogP contribution in [0.1, 0.15) is 6.92 Å². The van der Waals surface area contributed by atoms with Gasteiger partial charge in [0.25, 0.3) is 0 Å². The van der Waals surface area contributed by atoms with Gasteiger partial charge < -0.3 is 9.84 Å². The van der Waals surface area contributed by atoms with Crippen LogP contribution in [0.2, 0.25) is 0 Å². The van der Waals surface area contributed by atoms with Gasteiger partial charge in [-0.25, -0.2) is 9.36 Å². The van der Waals surface area contributed by atoms with Crippen LogP contribution in [-0.2, 0) is 4.79 Å². The maximum Gasteiger partial charge on any atom is 0.340 e. The largest absolute Gasteiger partial charge is 0.493 e. The van der Waals surface area contributed by atoms with Gasteiger partial charge in [0.15, 0.2) is 0 Å². The van der Waals surface area contributed by atoms with Crippen LogP contribution in [-0.4, -0.2) is 25.0 Å². The molecule has 4 rings (SSSR count). The van der Waals surface area contributed by atoms with E-state index in [0.29, 0.717) is 28.0 Å². The van der Waals surface area contributed by atoms with Crippen molar-refractivity contribution in [1.82, 2.24) is 14.0 Å². The van der Waals surface area contributed by atoms with Gasteiger partial charge in [0.05, 0.1) is 22.9 Å². The summed E-state index contributed by atoms with van der Waals surface area (Å²) >= 11 is 0. The van der Waals surface area contributed by atoms with E-state index in [2.05, 4.69) is 4.98 Å². The summed E-state index contributed by atoms with van der Waals surface area (Å²) in [7, 11) is 0. The van der Waals surface area contributed by atoms with Gasteiger partial charge in [0.2, 0.25) is 5.88 Å². The molecule has 0 aliphatic heterocycles. The van der Waals surface area contributed by atoms with Crippen LogP contribution >= 0.6 is 0 Å². The molecule has 0 spiro atoms. The fourth-order valence-electron chi connectivity index (χ4n) is 2.81. The lowest BCUT2D eigenvalue weighted by Crippen LogP contribution is -2.19. The molecular weight excluding hydrogens is 322 g/mol. The molecule has 7 heteroatoms. The van der Waals surface area contributed by atoms with Crippen LogP contribution < -0.4 is 10.4 Å². The van der Waals surface area contributed by atoms with Gasteiger partial charge in [0.1, 0.15) is 11.3 Å². The first kappa shape index (κ1) is 14.9. The number of nitrogens with zero attached hydrogens (tertiary/aromatic N) is 3. The lowest BCUT2D eigenvalue weighted by molar-refractivity contribution is -0.131. The fourth-order valence-corrected chi connectivity index (χ4v) is 2.81. The third-order valence-electron chi connectivity index (χ3n) is 3.87. The Kier molecular flexibility index (Phi) is 3.28. The minimum absolute atomic E-state index is 0.205. The van der Waals surface area contributed by atoms with Crippen LogP contribution in [0.15, 0.2) is 59.5 Å². The zero-order valence-corrected chi connectivity index (χ0v) is 13.2. The third kappa shape index (κ3) is 2.33. The van der Waals surface area contributed by atoms with Crippen LogP contribution in [0.4, 0.5) is 0 Å². The number of carbonyl (C=O) groups excluding carboxylic acids is 1. The maximum absolute atomic E-state index is 12.9. The number of aromatic hydroxyl groups is 1. The number of aromatic nitrogens is 3. The first-order chi connectivity index (χ1) is 12.1. The molecule has 0 amide bonds. The summed E-state index contributed by atoms with van der Waals surface area (Å²) in [5.41, 5.74) is 1.61. The number of esters is 1. The number of benzene rings is 2. The van der Waals surface area contributed by atoms with Gasteiger partial charge in [-0.15, -0.1) is 0 Å². The topological polar surface area (TPSA) is 85.8 Å². The van der Waals surface area contributed by atoms with Crippen molar-refractivity contribution in [2.75, 3.05) is 0 Å². The van der Waals surface area contributed by atoms with Gasteiger partial charge >= 0.3 is 11.7 Å². The van der Waals surface area contributed by atoms with Gasteiger partial charge in [-0.3, -0.25) is 14.2 Å². The van der Waals surface area contributed by atoms with Crippen LogP contribution in [0, 0.1) is 0 Å². The van der Waals surface area contributed by atoms with Crippen molar-refractivity contribution in [2.45, 2.75) is 6.92 Å². The Labute approximate surface area is 141 Å². The van der Waals surface area contributed by atoms with Gasteiger partial charge in [-0.1, -0.05) is 12.1 Å². The van der Waals surface area contributed by atoms with Crippen molar-refractivity contribution in [3.8, 4) is 17.3 Å². The summed E-state index contributed by atoms with van der Waals surface area (Å²) in [5, 5.41) is 10.5. The standard InChI is InChI=1S/C18H13N3O4/c1-11(22)25-13-8-6-12(7-9-13)20-17(23)16-10-19-14-4-2-3-5-15(14)21(16)18(20)24/h2-10,23H,1H3. The number of ether oxygens (including phenoxy) is 1. The summed E-state index contributed by atoms with van der Waals surface area (Å²) in [4.78, 5) is 28.1. The SMILES string of the molecule is CC(=O)Oc1ccc(-n2c(O)c3cnc4ccccc4n3c2=O)cc1. The van der Waals surface area contributed by atoms with Crippen LogP contribution in [0.5, 0.6) is 11.6 Å². The van der Waals surface area contributed by atoms with Crippen molar-refractivity contribution in [3.05, 3.63) is 65.2 Å². The molecule has 4 aromatic rings. The van der Waals surface area contributed by atoms with E-state index in [4.69, 9.17) is 4.74 Å². The first-order valence-corrected chi connectivity index (χ1v) is 7.55. The molecule has 2 aromatic heterocycles. The van der Waals surface area contributed by atoms with Gasteiger partial charge in [-0.2, -0.15) is 0 Å². The van der Waals surface area contributed by atoms with Gasteiger partial charge in [-0.05, 0) is 36.4 Å². The van der Waals surface area contributed by atoms with E-state index in [-0.39, 0.29) is 5.88 Å². The Hall–Kier alpha value is -3.61. The lowest BCUT2D eigenvalue weighted by atomic mass is 10.3. The predicted molar refractivity (Wildman–Crippen MR) is 91.3 cm³/mol. The number of hydrogen-bond acceptors (Lipinski definition) is 5. The maximum atomic E-state index is 12.9. The normalized spacial score (nSPS) is 11.1. The van der Waals surface area contributed by atoms with Crippen molar-refractivity contribution in [2.24, 2.45) is 0 Å². The van der Waals surface area contributed by atoms with Crippen molar-refractivity contribution in [1.29, 1.82) is 0 Å². The highest BCUT2D eigenvalue weighted by Gasteiger charge is 2.17. The monoisotopic (exact) mass is 335 g/mol. The average molecular weight is 335 g/mol. The summed E-state index contributed by atoms with van der Waals surface area (Å²) in [5.74, 6) is -0.275. The third-order valence-corrected chi connectivity index (χ3v) is 3.87. The highest BCUT2D eigenvalue weighted by atomic mass is 16.5. The molecule has 0 saturated heterocycles. The molecular formula is C18H13N3O4. The number of fused-ring (bicyclic) bond motifs is 3. The van der Waals surface area contributed by atoms with Crippen molar-refractivity contribution in [3.63, 3.8) is 0 Å². The van der Waals surface area contributed by atoms with E-state index in [0.717, 1.165) is 0 Å². The Morgan fingerprint density at radius 2 is 1.80 bits per heavy atom. The number of hydrogen-bond donors (Lipinski definition) is 1. The van der Waals surface area contributed by atoms with E-state index < -0.39 is 11.7 Å². The molecule has 2 heterocycles. The van der Waals surface area contributed by atoms with E-state index >= 15 is 0 Å². The Morgan fingerprint density at radius 3 is 2.52 bits per heavy atom. The minimum Gasteiger partial charge on any atom is -0.493 e. The first-order valence-electron chi connectivity index (χ1n) is 7.55. The number of para-hydroxylation sites is 2. The van der Waals surface area contributed by atoms with Crippen LogP contribution in [0.3, 0.4) is 0 Å². The highest BCUT2D eigenvalue weighted by molar-refractivity contribution is 5.79. The quantitative estimate of drug-likeness (QED) is 0.449. The zero-order chi connectivity index (χ0) is 17.6. The summed E-state index contributed by atoms with van der Waals surface area (Å²) in [6.07, 6.45) is 1.46. The molecule has 0 bridgehead atoms. The van der Waals surface area contributed by atoms with Gasteiger partial charge in [0, 0.05) is 6.92 Å². The van der Waals surface area contributed by atoms with E-state index in [1.165, 1.54) is 22.1 Å². The molecule has 2 aromatic carbocycles. The highest BCUT2D eigenvalue weighted by Crippen LogP contribution is 2.25. The summed E-state index contributed by atoms with van der Waals surface area (Å²) in [6, 6.07) is 13.5. The Balaban J connectivity index is 1.95. The Bertz CT molecular complexity index is 1170. The molecule has 0 fully saturated rings. The molecule has 0 atom stereocenters. The van der Waals surface area contributed by atoms with Crippen molar-refractivity contribution >= 4 is 22.5 Å². The predicted octanol–water partition coefficient (Wildman–Crippen LogP) is 2.27. The lowest BCUT2D eigenvalue weighted by Gasteiger charge is -2.04. The van der Waals surface area contributed by atoms with E-state index in [1.807, 2.05) is 6.07 Å². The Morgan fingerprint density at radius 1 is 1.08 bits per heavy atom. The molecule has 0 aliphatic rings. The fraction of sp³-hybridized carbons (Fsp3) is 0.0556. The smallest absolute Gasteiger partial charge is 0.340 e. The number of imidazole rings is 1. The second-order valence-electron chi connectivity index (χ2n) is 5.50. The van der Waals surface area contributed by atoms with E-state index in [9.17, 15) is 14.7 Å².